The molecule has 0 saturated carbocycles. The second kappa shape index (κ2) is 6.71. The summed E-state index contributed by atoms with van der Waals surface area (Å²) < 4.78 is 7.87. The van der Waals surface area contributed by atoms with Crippen LogP contribution in [0.3, 0.4) is 0 Å². The number of oxazole rings is 1. The molecular formula is C19H20N6O2. The van der Waals surface area contributed by atoms with Crippen LogP contribution in [0.5, 0.6) is 0 Å². The third kappa shape index (κ3) is 3.10. The zero-order valence-electron chi connectivity index (χ0n) is 15.4. The Morgan fingerprint density at radius 1 is 1.26 bits per heavy atom. The van der Waals surface area contributed by atoms with Crippen LogP contribution in [-0.2, 0) is 18.3 Å². The number of rotatable bonds is 5. The summed E-state index contributed by atoms with van der Waals surface area (Å²) in [6.07, 6.45) is 2.48. The summed E-state index contributed by atoms with van der Waals surface area (Å²) in [5.74, 6) is 1.14. The molecule has 138 valence electrons. The fourth-order valence-corrected chi connectivity index (χ4v) is 3.12. The molecule has 0 saturated heterocycles. The number of imidazole rings is 1. The minimum absolute atomic E-state index is 0.0308. The molecule has 2 N–H and O–H groups in total. The van der Waals surface area contributed by atoms with Gasteiger partial charge in [0.2, 0.25) is 11.8 Å². The van der Waals surface area contributed by atoms with Gasteiger partial charge in [0.1, 0.15) is 11.0 Å². The summed E-state index contributed by atoms with van der Waals surface area (Å²) in [5.41, 5.74) is 4.75. The highest BCUT2D eigenvalue weighted by Crippen LogP contribution is 2.31. The molecule has 3 heterocycles. The molecule has 8 heteroatoms. The Morgan fingerprint density at radius 2 is 2.11 bits per heavy atom. The number of hydrogen-bond acceptors (Lipinski definition) is 6. The van der Waals surface area contributed by atoms with Crippen LogP contribution in [-0.4, -0.2) is 39.0 Å². The van der Waals surface area contributed by atoms with Gasteiger partial charge in [0.25, 0.3) is 5.71 Å². The Bertz CT molecular complexity index is 1140. The number of nitrogens with zero attached hydrogens (tertiary/aromatic N) is 4. The lowest BCUT2D eigenvalue weighted by Crippen LogP contribution is -2.22. The minimum atomic E-state index is -0.0308. The first-order chi connectivity index (χ1) is 13.1. The summed E-state index contributed by atoms with van der Waals surface area (Å²) in [4.78, 5) is 24.6. The van der Waals surface area contributed by atoms with Gasteiger partial charge in [-0.05, 0) is 24.1 Å². The maximum Gasteiger partial charge on any atom is 0.251 e. The number of pyridine rings is 1. The standard InChI is InChI=1S/C19H20N6O2/c1-11(26)21-8-7-12-5-4-6-13(9-12)18-23-15-16-14(22-10-25(16)3)17(20-2)24-19(15)27-18/h4-6,9-10H,7-8H2,1-3H3,(H,20,24)(H,21,26). The SMILES string of the molecule is CNc1nc2oc(-c3cccc(CCNC(C)=O)c3)nc2c2c1ncn2C. The highest BCUT2D eigenvalue weighted by Gasteiger charge is 2.18. The number of aryl methyl sites for hydroxylation is 1. The summed E-state index contributed by atoms with van der Waals surface area (Å²) in [6, 6.07) is 7.95. The van der Waals surface area contributed by atoms with Crippen LogP contribution in [0.4, 0.5) is 5.82 Å². The van der Waals surface area contributed by atoms with Gasteiger partial charge in [-0.15, -0.1) is 0 Å². The second-order valence-corrected chi connectivity index (χ2v) is 6.37. The van der Waals surface area contributed by atoms with E-state index in [4.69, 9.17) is 4.42 Å². The van der Waals surface area contributed by atoms with Gasteiger partial charge >= 0.3 is 0 Å². The lowest BCUT2D eigenvalue weighted by atomic mass is 10.1. The number of benzene rings is 1. The molecule has 0 aliphatic rings. The lowest BCUT2D eigenvalue weighted by molar-refractivity contribution is -0.118. The van der Waals surface area contributed by atoms with Gasteiger partial charge in [0.05, 0.1) is 6.33 Å². The topological polar surface area (TPSA) is 97.9 Å². The highest BCUT2D eigenvalue weighted by atomic mass is 16.4. The van der Waals surface area contributed by atoms with E-state index in [-0.39, 0.29) is 5.91 Å². The van der Waals surface area contributed by atoms with Crippen LogP contribution in [0.2, 0.25) is 0 Å². The number of amides is 1. The van der Waals surface area contributed by atoms with Gasteiger partial charge in [-0.1, -0.05) is 12.1 Å². The van der Waals surface area contributed by atoms with E-state index in [1.54, 1.807) is 13.4 Å². The van der Waals surface area contributed by atoms with E-state index < -0.39 is 0 Å². The molecule has 0 aliphatic heterocycles. The van der Waals surface area contributed by atoms with Gasteiger partial charge < -0.3 is 19.6 Å². The maximum absolute atomic E-state index is 11.0. The Labute approximate surface area is 155 Å². The molecule has 0 atom stereocenters. The summed E-state index contributed by atoms with van der Waals surface area (Å²) in [5, 5.41) is 5.86. The first-order valence-electron chi connectivity index (χ1n) is 8.70. The first kappa shape index (κ1) is 17.0. The van der Waals surface area contributed by atoms with Crippen molar-refractivity contribution in [1.82, 2.24) is 24.8 Å². The Balaban J connectivity index is 1.75. The zero-order valence-corrected chi connectivity index (χ0v) is 15.4. The van der Waals surface area contributed by atoms with E-state index in [2.05, 4.69) is 25.6 Å². The molecule has 0 fully saturated rings. The van der Waals surface area contributed by atoms with E-state index in [0.717, 1.165) is 28.6 Å². The lowest BCUT2D eigenvalue weighted by Gasteiger charge is -2.03. The van der Waals surface area contributed by atoms with Crippen molar-refractivity contribution in [2.45, 2.75) is 13.3 Å². The number of aromatic nitrogens is 4. The molecule has 3 aromatic heterocycles. The van der Waals surface area contributed by atoms with Gasteiger partial charge in [0.15, 0.2) is 11.3 Å². The monoisotopic (exact) mass is 364 g/mol. The second-order valence-electron chi connectivity index (χ2n) is 6.37. The van der Waals surface area contributed by atoms with Crippen molar-refractivity contribution in [2.24, 2.45) is 7.05 Å². The molecule has 1 aromatic carbocycles. The van der Waals surface area contributed by atoms with Crippen LogP contribution in [0, 0.1) is 0 Å². The van der Waals surface area contributed by atoms with Crippen LogP contribution in [0.1, 0.15) is 12.5 Å². The predicted octanol–water partition coefficient (Wildman–Crippen LogP) is 2.50. The normalized spacial score (nSPS) is 11.2. The quantitative estimate of drug-likeness (QED) is 0.565. The summed E-state index contributed by atoms with van der Waals surface area (Å²) in [7, 11) is 3.73. The van der Waals surface area contributed by atoms with Crippen LogP contribution >= 0.6 is 0 Å². The van der Waals surface area contributed by atoms with E-state index in [0.29, 0.717) is 29.5 Å². The molecule has 0 unspecified atom stereocenters. The molecular weight excluding hydrogens is 344 g/mol. The van der Waals surface area contributed by atoms with E-state index >= 15 is 0 Å². The maximum atomic E-state index is 11.0. The van der Waals surface area contributed by atoms with Crippen molar-refractivity contribution in [3.05, 3.63) is 36.2 Å². The van der Waals surface area contributed by atoms with E-state index in [1.165, 1.54) is 6.92 Å². The minimum Gasteiger partial charge on any atom is -0.418 e. The largest absolute Gasteiger partial charge is 0.418 e. The number of anilines is 1. The van der Waals surface area contributed by atoms with Crippen molar-refractivity contribution in [3.8, 4) is 11.5 Å². The third-order valence-corrected chi connectivity index (χ3v) is 4.41. The number of hydrogen-bond donors (Lipinski definition) is 2. The van der Waals surface area contributed by atoms with E-state index in [9.17, 15) is 4.79 Å². The average molecular weight is 364 g/mol. The van der Waals surface area contributed by atoms with Crippen molar-refractivity contribution >= 4 is 34.0 Å². The van der Waals surface area contributed by atoms with Crippen LogP contribution in [0.25, 0.3) is 33.7 Å². The predicted molar refractivity (Wildman–Crippen MR) is 103 cm³/mol. The van der Waals surface area contributed by atoms with E-state index in [1.807, 2.05) is 35.9 Å². The van der Waals surface area contributed by atoms with Crippen molar-refractivity contribution < 1.29 is 9.21 Å². The van der Waals surface area contributed by atoms with Crippen molar-refractivity contribution in [3.63, 3.8) is 0 Å². The smallest absolute Gasteiger partial charge is 0.251 e. The zero-order chi connectivity index (χ0) is 19.0. The van der Waals surface area contributed by atoms with Crippen LogP contribution in [0.15, 0.2) is 35.0 Å². The molecule has 0 aliphatic carbocycles. The molecule has 0 radical (unpaired) electrons. The molecule has 4 aromatic rings. The molecule has 27 heavy (non-hydrogen) atoms. The number of fused-ring (bicyclic) bond motifs is 3. The number of carbonyl (C=O) groups excluding carboxylic acids is 1. The molecule has 4 rings (SSSR count). The molecule has 0 bridgehead atoms. The number of nitrogens with one attached hydrogen (secondary N) is 2. The Morgan fingerprint density at radius 3 is 2.89 bits per heavy atom. The van der Waals surface area contributed by atoms with Gasteiger partial charge in [-0.3, -0.25) is 4.79 Å². The summed E-state index contributed by atoms with van der Waals surface area (Å²) in [6.45, 7) is 2.11. The van der Waals surface area contributed by atoms with Gasteiger partial charge in [-0.25, -0.2) is 9.97 Å². The molecule has 0 spiro atoms. The fraction of sp³-hybridized carbons (Fsp3) is 0.263. The average Bonchev–Trinajstić information content (AvgIpc) is 3.24. The van der Waals surface area contributed by atoms with Gasteiger partial charge in [-0.2, -0.15) is 4.98 Å². The molecule has 1 amide bonds. The first-order valence-corrected chi connectivity index (χ1v) is 8.70. The summed E-state index contributed by atoms with van der Waals surface area (Å²) >= 11 is 0. The number of carbonyl (C=O) groups is 1. The van der Waals surface area contributed by atoms with Crippen molar-refractivity contribution in [1.29, 1.82) is 0 Å². The fourth-order valence-electron chi connectivity index (χ4n) is 3.12. The molecule has 8 nitrogen and oxygen atoms in total. The van der Waals surface area contributed by atoms with Crippen molar-refractivity contribution in [2.75, 3.05) is 18.9 Å². The van der Waals surface area contributed by atoms with Gasteiger partial charge in [0, 0.05) is 33.1 Å². The Kier molecular flexibility index (Phi) is 4.23. The Hall–Kier alpha value is -3.42. The highest BCUT2D eigenvalue weighted by molar-refractivity contribution is 6.03. The third-order valence-electron chi connectivity index (χ3n) is 4.41. The van der Waals surface area contributed by atoms with Crippen LogP contribution < -0.4 is 10.6 Å².